The standard InChI is InChI=1S/C15H23Cl2N3/c1-3-10-4-6-11(7-5-10)9-19-15-13(17)8-12(16)14(18-2)20-15/h8,10-11H,3-7,9H2,1-2H3,(H2,18,19,20). The highest BCUT2D eigenvalue weighted by molar-refractivity contribution is 6.37. The zero-order chi connectivity index (χ0) is 14.5. The normalized spacial score (nSPS) is 22.6. The molecule has 0 aromatic carbocycles. The van der Waals surface area contributed by atoms with Crippen LogP contribution < -0.4 is 10.6 Å². The average Bonchev–Trinajstić information content (AvgIpc) is 2.47. The Labute approximate surface area is 131 Å². The molecule has 112 valence electrons. The highest BCUT2D eigenvalue weighted by Crippen LogP contribution is 2.32. The predicted octanol–water partition coefficient (Wildman–Crippen LogP) is 5.06. The van der Waals surface area contributed by atoms with Crippen molar-refractivity contribution in [1.82, 2.24) is 4.98 Å². The van der Waals surface area contributed by atoms with Crippen LogP contribution in [0.3, 0.4) is 0 Å². The van der Waals surface area contributed by atoms with Gasteiger partial charge < -0.3 is 10.6 Å². The summed E-state index contributed by atoms with van der Waals surface area (Å²) in [6.07, 6.45) is 6.63. The minimum absolute atomic E-state index is 0.548. The maximum Gasteiger partial charge on any atom is 0.147 e. The molecule has 0 amide bonds. The number of hydrogen-bond acceptors (Lipinski definition) is 3. The van der Waals surface area contributed by atoms with E-state index >= 15 is 0 Å². The van der Waals surface area contributed by atoms with E-state index in [9.17, 15) is 0 Å². The van der Waals surface area contributed by atoms with Crippen molar-refractivity contribution < 1.29 is 0 Å². The van der Waals surface area contributed by atoms with Gasteiger partial charge in [-0.3, -0.25) is 0 Å². The van der Waals surface area contributed by atoms with Crippen molar-refractivity contribution in [3.05, 3.63) is 16.1 Å². The van der Waals surface area contributed by atoms with Crippen LogP contribution in [0.1, 0.15) is 39.0 Å². The van der Waals surface area contributed by atoms with Crippen LogP contribution in [0.2, 0.25) is 10.0 Å². The molecule has 20 heavy (non-hydrogen) atoms. The summed E-state index contributed by atoms with van der Waals surface area (Å²) in [5.41, 5.74) is 0. The molecule has 3 nitrogen and oxygen atoms in total. The second-order valence-electron chi connectivity index (χ2n) is 5.58. The molecular formula is C15H23Cl2N3. The predicted molar refractivity (Wildman–Crippen MR) is 88.0 cm³/mol. The second-order valence-corrected chi connectivity index (χ2v) is 6.39. The summed E-state index contributed by atoms with van der Waals surface area (Å²) < 4.78 is 0. The van der Waals surface area contributed by atoms with Crippen molar-refractivity contribution in [3.63, 3.8) is 0 Å². The van der Waals surface area contributed by atoms with E-state index in [1.165, 1.54) is 32.1 Å². The summed E-state index contributed by atoms with van der Waals surface area (Å²) in [5, 5.41) is 7.48. The number of pyridine rings is 1. The number of hydrogen-bond donors (Lipinski definition) is 2. The third-order valence-electron chi connectivity index (χ3n) is 4.27. The van der Waals surface area contributed by atoms with Crippen LogP contribution in [0.4, 0.5) is 11.6 Å². The lowest BCUT2D eigenvalue weighted by atomic mass is 9.81. The summed E-state index contributed by atoms with van der Waals surface area (Å²) in [6, 6.07) is 1.73. The van der Waals surface area contributed by atoms with Crippen LogP contribution in [0.15, 0.2) is 6.07 Å². The van der Waals surface area contributed by atoms with Crippen molar-refractivity contribution in [1.29, 1.82) is 0 Å². The monoisotopic (exact) mass is 315 g/mol. The van der Waals surface area contributed by atoms with Gasteiger partial charge in [-0.15, -0.1) is 0 Å². The molecule has 2 N–H and O–H groups in total. The molecule has 0 spiro atoms. The Balaban J connectivity index is 1.91. The van der Waals surface area contributed by atoms with Crippen LogP contribution in [-0.4, -0.2) is 18.6 Å². The third kappa shape index (κ3) is 3.92. The zero-order valence-electron chi connectivity index (χ0n) is 12.2. The van der Waals surface area contributed by atoms with Gasteiger partial charge in [-0.05, 0) is 30.7 Å². The smallest absolute Gasteiger partial charge is 0.147 e. The van der Waals surface area contributed by atoms with Gasteiger partial charge >= 0.3 is 0 Å². The highest BCUT2D eigenvalue weighted by Gasteiger charge is 2.20. The fraction of sp³-hybridized carbons (Fsp3) is 0.667. The van der Waals surface area contributed by atoms with Gasteiger partial charge in [0.2, 0.25) is 0 Å². The van der Waals surface area contributed by atoms with Crippen molar-refractivity contribution in [2.45, 2.75) is 39.0 Å². The van der Waals surface area contributed by atoms with Crippen LogP contribution in [0.25, 0.3) is 0 Å². The van der Waals surface area contributed by atoms with Gasteiger partial charge in [0.15, 0.2) is 0 Å². The molecule has 0 saturated heterocycles. The minimum Gasteiger partial charge on any atom is -0.372 e. The quantitative estimate of drug-likeness (QED) is 0.797. The number of anilines is 2. The van der Waals surface area contributed by atoms with Crippen molar-refractivity contribution in [2.75, 3.05) is 24.2 Å². The summed E-state index contributed by atoms with van der Waals surface area (Å²) in [5.74, 6) is 3.04. The summed E-state index contributed by atoms with van der Waals surface area (Å²) in [7, 11) is 1.80. The van der Waals surface area contributed by atoms with E-state index in [0.29, 0.717) is 15.9 Å². The third-order valence-corrected chi connectivity index (χ3v) is 4.84. The molecule has 1 saturated carbocycles. The second kappa shape index (κ2) is 7.37. The molecule has 0 unspecified atom stereocenters. The molecular weight excluding hydrogens is 293 g/mol. The molecule has 1 aliphatic rings. The fourth-order valence-electron chi connectivity index (χ4n) is 2.85. The molecule has 0 atom stereocenters. The molecule has 1 aliphatic carbocycles. The number of aromatic nitrogens is 1. The van der Waals surface area contributed by atoms with E-state index in [1.807, 2.05) is 0 Å². The van der Waals surface area contributed by atoms with Gasteiger partial charge in [0.05, 0.1) is 10.0 Å². The zero-order valence-corrected chi connectivity index (χ0v) is 13.7. The SMILES string of the molecule is CCC1CCC(CNc2nc(NC)c(Cl)cc2Cl)CC1. The molecule has 1 aromatic rings. The van der Waals surface area contributed by atoms with Crippen molar-refractivity contribution >= 4 is 34.8 Å². The molecule has 0 bridgehead atoms. The summed E-state index contributed by atoms with van der Waals surface area (Å²) >= 11 is 12.2. The van der Waals surface area contributed by atoms with Crippen molar-refractivity contribution in [2.24, 2.45) is 11.8 Å². The average molecular weight is 316 g/mol. The van der Waals surface area contributed by atoms with Crippen molar-refractivity contribution in [3.8, 4) is 0 Å². The first-order chi connectivity index (χ1) is 9.63. The van der Waals surface area contributed by atoms with Gasteiger partial charge in [-0.25, -0.2) is 4.98 Å². The lowest BCUT2D eigenvalue weighted by Gasteiger charge is -2.28. The number of nitrogens with zero attached hydrogens (tertiary/aromatic N) is 1. The first kappa shape index (κ1) is 15.7. The van der Waals surface area contributed by atoms with Gasteiger partial charge in [-0.1, -0.05) is 49.4 Å². The lowest BCUT2D eigenvalue weighted by molar-refractivity contribution is 0.278. The Morgan fingerprint density at radius 1 is 1.10 bits per heavy atom. The lowest BCUT2D eigenvalue weighted by Crippen LogP contribution is -2.21. The molecule has 5 heteroatoms. The molecule has 1 heterocycles. The largest absolute Gasteiger partial charge is 0.372 e. The van der Waals surface area contributed by atoms with Crippen LogP contribution in [0, 0.1) is 11.8 Å². The molecule has 2 rings (SSSR count). The topological polar surface area (TPSA) is 37.0 Å². The van der Waals surface area contributed by atoms with Gasteiger partial charge in [0.1, 0.15) is 11.6 Å². The van der Waals surface area contributed by atoms with E-state index in [4.69, 9.17) is 23.2 Å². The van der Waals surface area contributed by atoms with E-state index in [1.54, 1.807) is 13.1 Å². The summed E-state index contributed by atoms with van der Waals surface area (Å²) in [4.78, 5) is 4.42. The van der Waals surface area contributed by atoms with E-state index in [2.05, 4.69) is 22.5 Å². The molecule has 1 fully saturated rings. The Kier molecular flexibility index (Phi) is 5.79. The Bertz CT molecular complexity index is 443. The fourth-order valence-corrected chi connectivity index (χ4v) is 3.37. The maximum atomic E-state index is 6.18. The molecule has 0 aliphatic heterocycles. The summed E-state index contributed by atoms with van der Waals surface area (Å²) in [6.45, 7) is 3.23. The van der Waals surface area contributed by atoms with E-state index < -0.39 is 0 Å². The molecule has 0 radical (unpaired) electrons. The Morgan fingerprint density at radius 3 is 2.30 bits per heavy atom. The Morgan fingerprint density at radius 2 is 1.70 bits per heavy atom. The van der Waals surface area contributed by atoms with Crippen LogP contribution >= 0.6 is 23.2 Å². The Hall–Kier alpha value is -0.670. The van der Waals surface area contributed by atoms with Gasteiger partial charge in [-0.2, -0.15) is 0 Å². The van der Waals surface area contributed by atoms with Crippen LogP contribution in [0.5, 0.6) is 0 Å². The van der Waals surface area contributed by atoms with Gasteiger partial charge in [0, 0.05) is 13.6 Å². The maximum absolute atomic E-state index is 6.18. The van der Waals surface area contributed by atoms with Crippen LogP contribution in [-0.2, 0) is 0 Å². The number of halogens is 2. The highest BCUT2D eigenvalue weighted by atomic mass is 35.5. The van der Waals surface area contributed by atoms with Gasteiger partial charge in [0.25, 0.3) is 0 Å². The molecule has 1 aromatic heterocycles. The minimum atomic E-state index is 0.548. The first-order valence-corrected chi connectivity index (χ1v) is 8.17. The number of rotatable bonds is 5. The first-order valence-electron chi connectivity index (χ1n) is 7.41. The van der Waals surface area contributed by atoms with E-state index in [0.717, 1.165) is 24.2 Å². The van der Waals surface area contributed by atoms with E-state index in [-0.39, 0.29) is 0 Å². The number of nitrogens with one attached hydrogen (secondary N) is 2.